The van der Waals surface area contributed by atoms with Gasteiger partial charge in [-0.25, -0.2) is 0 Å². The van der Waals surface area contributed by atoms with Crippen molar-refractivity contribution in [2.24, 2.45) is 5.92 Å². The molecule has 1 atom stereocenters. The lowest BCUT2D eigenvalue weighted by atomic mass is 10.1. The molecule has 0 saturated carbocycles. The standard InChI is InChI=1S/C17H19N5O3/c1-18-16(24)10-6-14(23)22(7-10)11-8-21(9-11)17(25)15-12-2-4-19-13(12)3-5-20-15/h2-5,10-11,19H,6-9H2,1H3,(H,18,24). The van der Waals surface area contributed by atoms with E-state index in [1.807, 2.05) is 12.1 Å². The van der Waals surface area contributed by atoms with Gasteiger partial charge in [-0.2, -0.15) is 0 Å². The number of amides is 3. The molecule has 4 heterocycles. The number of carbonyl (C=O) groups is 3. The summed E-state index contributed by atoms with van der Waals surface area (Å²) in [6.45, 7) is 1.39. The Hall–Kier alpha value is -2.90. The minimum absolute atomic E-state index is 0.0171. The maximum atomic E-state index is 12.7. The highest BCUT2D eigenvalue weighted by molar-refractivity contribution is 6.04. The number of fused-ring (bicyclic) bond motifs is 1. The number of hydrogen-bond acceptors (Lipinski definition) is 4. The number of pyridine rings is 1. The van der Waals surface area contributed by atoms with Crippen LogP contribution in [0.1, 0.15) is 16.9 Å². The van der Waals surface area contributed by atoms with E-state index in [0.717, 1.165) is 10.9 Å². The number of aromatic amines is 1. The summed E-state index contributed by atoms with van der Waals surface area (Å²) in [7, 11) is 1.58. The van der Waals surface area contributed by atoms with Crippen LogP contribution in [0.25, 0.3) is 10.9 Å². The third kappa shape index (κ3) is 2.54. The second kappa shape index (κ2) is 5.87. The summed E-state index contributed by atoms with van der Waals surface area (Å²) >= 11 is 0. The molecule has 2 aliphatic heterocycles. The molecule has 25 heavy (non-hydrogen) atoms. The molecule has 2 N–H and O–H groups in total. The van der Waals surface area contributed by atoms with Crippen LogP contribution >= 0.6 is 0 Å². The molecule has 0 spiro atoms. The first-order valence-corrected chi connectivity index (χ1v) is 8.31. The minimum atomic E-state index is -0.294. The number of aromatic nitrogens is 2. The van der Waals surface area contributed by atoms with Gasteiger partial charge in [0.2, 0.25) is 11.8 Å². The molecule has 2 aromatic rings. The monoisotopic (exact) mass is 341 g/mol. The van der Waals surface area contributed by atoms with Crippen molar-refractivity contribution in [3.05, 3.63) is 30.2 Å². The van der Waals surface area contributed by atoms with E-state index in [1.165, 1.54) is 0 Å². The fourth-order valence-electron chi connectivity index (χ4n) is 3.59. The highest BCUT2D eigenvalue weighted by atomic mass is 16.2. The zero-order valence-corrected chi connectivity index (χ0v) is 13.9. The van der Waals surface area contributed by atoms with E-state index < -0.39 is 0 Å². The third-order valence-corrected chi connectivity index (χ3v) is 5.05. The van der Waals surface area contributed by atoms with Crippen molar-refractivity contribution in [3.63, 3.8) is 0 Å². The largest absolute Gasteiger partial charge is 0.361 e. The zero-order valence-electron chi connectivity index (χ0n) is 13.9. The molecule has 0 radical (unpaired) electrons. The van der Waals surface area contributed by atoms with E-state index in [4.69, 9.17) is 0 Å². The van der Waals surface area contributed by atoms with Crippen molar-refractivity contribution in [2.45, 2.75) is 12.5 Å². The van der Waals surface area contributed by atoms with Gasteiger partial charge in [0.1, 0.15) is 5.69 Å². The zero-order chi connectivity index (χ0) is 17.6. The predicted octanol–water partition coefficient (Wildman–Crippen LogP) is -0.0182. The molecule has 0 aromatic carbocycles. The average Bonchev–Trinajstić information content (AvgIpc) is 3.19. The van der Waals surface area contributed by atoms with Crippen molar-refractivity contribution in [1.29, 1.82) is 0 Å². The van der Waals surface area contributed by atoms with Gasteiger partial charge in [0.15, 0.2) is 0 Å². The Balaban J connectivity index is 1.42. The van der Waals surface area contributed by atoms with Crippen LogP contribution in [-0.2, 0) is 9.59 Å². The third-order valence-electron chi connectivity index (χ3n) is 5.05. The SMILES string of the molecule is CNC(=O)C1CC(=O)N(C2CN(C(=O)c3nccc4[nH]ccc34)C2)C1. The highest BCUT2D eigenvalue weighted by Crippen LogP contribution is 2.27. The maximum absolute atomic E-state index is 12.7. The number of nitrogens with zero attached hydrogens (tertiary/aromatic N) is 3. The van der Waals surface area contributed by atoms with Gasteiger partial charge >= 0.3 is 0 Å². The van der Waals surface area contributed by atoms with Crippen LogP contribution in [0.2, 0.25) is 0 Å². The minimum Gasteiger partial charge on any atom is -0.361 e. The van der Waals surface area contributed by atoms with Crippen molar-refractivity contribution >= 4 is 28.6 Å². The first-order valence-electron chi connectivity index (χ1n) is 8.31. The Morgan fingerprint density at radius 3 is 2.84 bits per heavy atom. The molecule has 2 aromatic heterocycles. The molecule has 2 saturated heterocycles. The van der Waals surface area contributed by atoms with Crippen LogP contribution in [0.5, 0.6) is 0 Å². The van der Waals surface area contributed by atoms with Gasteiger partial charge in [-0.05, 0) is 12.1 Å². The molecule has 3 amide bonds. The number of rotatable bonds is 3. The van der Waals surface area contributed by atoms with Crippen LogP contribution < -0.4 is 5.32 Å². The Kier molecular flexibility index (Phi) is 3.67. The predicted molar refractivity (Wildman–Crippen MR) is 89.7 cm³/mol. The number of likely N-dealkylation sites (tertiary alicyclic amines) is 2. The fraction of sp³-hybridized carbons (Fsp3) is 0.412. The Labute approximate surface area is 144 Å². The summed E-state index contributed by atoms with van der Waals surface area (Å²) < 4.78 is 0. The van der Waals surface area contributed by atoms with Crippen molar-refractivity contribution in [3.8, 4) is 0 Å². The van der Waals surface area contributed by atoms with Gasteiger partial charge < -0.3 is 20.1 Å². The van der Waals surface area contributed by atoms with E-state index in [9.17, 15) is 14.4 Å². The molecule has 2 fully saturated rings. The smallest absolute Gasteiger partial charge is 0.273 e. The van der Waals surface area contributed by atoms with Crippen LogP contribution in [0, 0.1) is 5.92 Å². The fourth-order valence-corrected chi connectivity index (χ4v) is 3.59. The first kappa shape index (κ1) is 15.6. The average molecular weight is 341 g/mol. The molecule has 2 aliphatic rings. The summed E-state index contributed by atoms with van der Waals surface area (Å²) in [5.41, 5.74) is 1.30. The number of carbonyl (C=O) groups excluding carboxylic acids is 3. The number of hydrogen-bond donors (Lipinski definition) is 2. The molecule has 8 heteroatoms. The lowest BCUT2D eigenvalue weighted by Crippen LogP contribution is -2.61. The summed E-state index contributed by atoms with van der Waals surface area (Å²) in [5.74, 6) is -0.545. The van der Waals surface area contributed by atoms with E-state index in [1.54, 1.807) is 29.2 Å². The summed E-state index contributed by atoms with van der Waals surface area (Å²) in [6, 6.07) is 3.65. The van der Waals surface area contributed by atoms with Crippen LogP contribution in [0.4, 0.5) is 0 Å². The van der Waals surface area contributed by atoms with Crippen molar-refractivity contribution < 1.29 is 14.4 Å². The molecular formula is C17H19N5O3. The van der Waals surface area contributed by atoms with E-state index >= 15 is 0 Å². The van der Waals surface area contributed by atoms with Gasteiger partial charge in [-0.1, -0.05) is 0 Å². The van der Waals surface area contributed by atoms with Gasteiger partial charge in [0.05, 0.1) is 12.0 Å². The van der Waals surface area contributed by atoms with Gasteiger partial charge in [0, 0.05) is 56.4 Å². The molecule has 1 unspecified atom stereocenters. The highest BCUT2D eigenvalue weighted by Gasteiger charge is 2.43. The first-order chi connectivity index (χ1) is 12.1. The molecule has 130 valence electrons. The van der Waals surface area contributed by atoms with Crippen molar-refractivity contribution in [1.82, 2.24) is 25.1 Å². The van der Waals surface area contributed by atoms with Crippen molar-refractivity contribution in [2.75, 3.05) is 26.7 Å². The van der Waals surface area contributed by atoms with Gasteiger partial charge in [0.25, 0.3) is 5.91 Å². The Morgan fingerprint density at radius 1 is 1.28 bits per heavy atom. The van der Waals surface area contributed by atoms with Crippen LogP contribution in [0.15, 0.2) is 24.5 Å². The molecular weight excluding hydrogens is 322 g/mol. The van der Waals surface area contributed by atoms with E-state index in [0.29, 0.717) is 25.3 Å². The van der Waals surface area contributed by atoms with E-state index in [-0.39, 0.29) is 36.1 Å². The molecule has 0 aliphatic carbocycles. The lowest BCUT2D eigenvalue weighted by Gasteiger charge is -2.43. The van der Waals surface area contributed by atoms with Gasteiger partial charge in [-0.3, -0.25) is 19.4 Å². The summed E-state index contributed by atoms with van der Waals surface area (Å²) in [6.07, 6.45) is 3.64. The molecule has 0 bridgehead atoms. The second-order valence-corrected chi connectivity index (χ2v) is 6.52. The van der Waals surface area contributed by atoms with Crippen LogP contribution in [-0.4, -0.2) is 70.2 Å². The Morgan fingerprint density at radius 2 is 2.08 bits per heavy atom. The van der Waals surface area contributed by atoms with E-state index in [2.05, 4.69) is 15.3 Å². The normalized spacial score (nSPS) is 20.8. The summed E-state index contributed by atoms with van der Waals surface area (Å²) in [5, 5.41) is 3.39. The number of nitrogens with one attached hydrogen (secondary N) is 2. The maximum Gasteiger partial charge on any atom is 0.273 e. The molecule has 4 rings (SSSR count). The molecule has 8 nitrogen and oxygen atoms in total. The topological polar surface area (TPSA) is 98.4 Å². The van der Waals surface area contributed by atoms with Crippen LogP contribution in [0.3, 0.4) is 0 Å². The summed E-state index contributed by atoms with van der Waals surface area (Å²) in [4.78, 5) is 47.3. The van der Waals surface area contributed by atoms with Gasteiger partial charge in [-0.15, -0.1) is 0 Å². The second-order valence-electron chi connectivity index (χ2n) is 6.52. The quantitative estimate of drug-likeness (QED) is 0.820. The Bertz CT molecular complexity index is 855. The number of H-pyrrole nitrogens is 1. The lowest BCUT2D eigenvalue weighted by molar-refractivity contribution is -0.132.